The molecule has 1 aromatic carbocycles. The number of aromatic nitrogens is 3. The van der Waals surface area contributed by atoms with E-state index in [0.717, 1.165) is 16.8 Å². The molecule has 20 heavy (non-hydrogen) atoms. The minimum absolute atomic E-state index is 0.338. The summed E-state index contributed by atoms with van der Waals surface area (Å²) in [6, 6.07) is 10.2. The van der Waals surface area contributed by atoms with Gasteiger partial charge in [-0.3, -0.25) is 0 Å². The molecule has 5 nitrogen and oxygen atoms in total. The molecule has 0 aliphatic heterocycles. The molecule has 2 aromatic heterocycles. The Hall–Kier alpha value is -2.56. The van der Waals surface area contributed by atoms with Crippen molar-refractivity contribution in [3.05, 3.63) is 48.4 Å². The van der Waals surface area contributed by atoms with Crippen LogP contribution in [0.3, 0.4) is 0 Å². The van der Waals surface area contributed by atoms with Crippen LogP contribution in [0.15, 0.2) is 47.2 Å². The summed E-state index contributed by atoms with van der Waals surface area (Å²) in [6.45, 7) is 0. The number of nitrogen functional groups attached to an aromatic ring is 1. The number of anilines is 1. The predicted octanol–water partition coefficient (Wildman–Crippen LogP) is 2.99. The lowest BCUT2D eigenvalue weighted by molar-refractivity contribution is 0.436. The van der Waals surface area contributed by atoms with Crippen molar-refractivity contribution < 1.29 is 4.52 Å². The summed E-state index contributed by atoms with van der Waals surface area (Å²) in [5, 5.41) is 8.16. The summed E-state index contributed by atoms with van der Waals surface area (Å²) in [5.41, 5.74) is 9.89. The van der Waals surface area contributed by atoms with Crippen LogP contribution in [-0.2, 0) is 0 Å². The Labute approximate surface area is 116 Å². The highest BCUT2D eigenvalue weighted by atomic mass is 16.5. The van der Waals surface area contributed by atoms with E-state index in [9.17, 15) is 0 Å². The predicted molar refractivity (Wildman–Crippen MR) is 75.4 cm³/mol. The zero-order valence-corrected chi connectivity index (χ0v) is 10.9. The third kappa shape index (κ3) is 1.79. The molecule has 3 aromatic rings. The number of nitrogens with two attached hydrogens (primary N) is 1. The Kier molecular flexibility index (Phi) is 2.39. The van der Waals surface area contributed by atoms with E-state index in [4.69, 9.17) is 10.3 Å². The second-order valence-corrected chi connectivity index (χ2v) is 5.10. The quantitative estimate of drug-likeness (QED) is 0.791. The van der Waals surface area contributed by atoms with Gasteiger partial charge in [0, 0.05) is 17.8 Å². The van der Waals surface area contributed by atoms with E-state index >= 15 is 0 Å². The Balaban J connectivity index is 1.79. The SMILES string of the molecule is Nc1oncc1-c1cccc(-n2nccc2C2CC2)c1. The molecule has 1 aliphatic rings. The second-order valence-electron chi connectivity index (χ2n) is 5.10. The van der Waals surface area contributed by atoms with Gasteiger partial charge in [-0.05, 0) is 36.6 Å². The number of rotatable bonds is 3. The van der Waals surface area contributed by atoms with E-state index in [1.807, 2.05) is 29.1 Å². The van der Waals surface area contributed by atoms with Crippen LogP contribution >= 0.6 is 0 Å². The largest absolute Gasteiger partial charge is 0.367 e. The van der Waals surface area contributed by atoms with Gasteiger partial charge in [-0.2, -0.15) is 5.10 Å². The number of hydrogen-bond donors (Lipinski definition) is 1. The van der Waals surface area contributed by atoms with Crippen molar-refractivity contribution in [2.24, 2.45) is 0 Å². The third-order valence-corrected chi connectivity index (χ3v) is 3.67. The van der Waals surface area contributed by atoms with Gasteiger partial charge >= 0.3 is 0 Å². The topological polar surface area (TPSA) is 69.9 Å². The van der Waals surface area contributed by atoms with Gasteiger partial charge in [0.1, 0.15) is 0 Å². The highest BCUT2D eigenvalue weighted by Crippen LogP contribution is 2.40. The van der Waals surface area contributed by atoms with E-state index < -0.39 is 0 Å². The van der Waals surface area contributed by atoms with Crippen LogP contribution in [0.4, 0.5) is 5.88 Å². The first-order valence-corrected chi connectivity index (χ1v) is 6.68. The summed E-state index contributed by atoms with van der Waals surface area (Å²) in [4.78, 5) is 0. The van der Waals surface area contributed by atoms with Crippen molar-refractivity contribution in [2.75, 3.05) is 5.73 Å². The van der Waals surface area contributed by atoms with Gasteiger partial charge in [0.25, 0.3) is 0 Å². The molecule has 0 unspecified atom stereocenters. The van der Waals surface area contributed by atoms with E-state index in [-0.39, 0.29) is 0 Å². The zero-order valence-electron chi connectivity index (χ0n) is 10.9. The number of hydrogen-bond acceptors (Lipinski definition) is 4. The van der Waals surface area contributed by atoms with Crippen molar-refractivity contribution in [2.45, 2.75) is 18.8 Å². The van der Waals surface area contributed by atoms with E-state index in [2.05, 4.69) is 22.4 Å². The fourth-order valence-corrected chi connectivity index (χ4v) is 2.49. The normalized spacial score (nSPS) is 14.6. The maximum Gasteiger partial charge on any atom is 0.229 e. The Morgan fingerprint density at radius 3 is 2.90 bits per heavy atom. The van der Waals surface area contributed by atoms with Gasteiger partial charge in [0.2, 0.25) is 5.88 Å². The van der Waals surface area contributed by atoms with Crippen LogP contribution in [0, 0.1) is 0 Å². The van der Waals surface area contributed by atoms with E-state index in [0.29, 0.717) is 11.8 Å². The minimum atomic E-state index is 0.338. The fraction of sp³-hybridized carbons (Fsp3) is 0.200. The Morgan fingerprint density at radius 2 is 2.15 bits per heavy atom. The van der Waals surface area contributed by atoms with E-state index in [1.54, 1.807) is 6.20 Å². The molecule has 4 rings (SSSR count). The van der Waals surface area contributed by atoms with Crippen LogP contribution in [0.1, 0.15) is 24.5 Å². The van der Waals surface area contributed by atoms with Crippen molar-refractivity contribution in [3.8, 4) is 16.8 Å². The maximum atomic E-state index is 5.78. The molecule has 100 valence electrons. The van der Waals surface area contributed by atoms with Gasteiger partial charge in [-0.1, -0.05) is 17.3 Å². The molecular formula is C15H14N4O. The summed E-state index contributed by atoms with van der Waals surface area (Å²) in [6.07, 6.45) is 6.00. The third-order valence-electron chi connectivity index (χ3n) is 3.67. The molecule has 1 aliphatic carbocycles. The summed E-state index contributed by atoms with van der Waals surface area (Å²) in [5.74, 6) is 0.992. The van der Waals surface area contributed by atoms with Gasteiger partial charge in [-0.25, -0.2) is 4.68 Å². The van der Waals surface area contributed by atoms with Gasteiger partial charge in [-0.15, -0.1) is 0 Å². The fourth-order valence-electron chi connectivity index (χ4n) is 2.49. The average Bonchev–Trinajstić information content (AvgIpc) is 3.04. The Bertz CT molecular complexity index is 755. The van der Waals surface area contributed by atoms with Crippen LogP contribution in [0.25, 0.3) is 16.8 Å². The summed E-state index contributed by atoms with van der Waals surface area (Å²) in [7, 11) is 0. The average molecular weight is 266 g/mol. The first-order chi connectivity index (χ1) is 9.83. The second kappa shape index (κ2) is 4.23. The zero-order chi connectivity index (χ0) is 13.5. The van der Waals surface area contributed by atoms with Gasteiger partial charge < -0.3 is 10.3 Å². The molecule has 0 bridgehead atoms. The van der Waals surface area contributed by atoms with Crippen LogP contribution in [-0.4, -0.2) is 14.9 Å². The molecular weight excluding hydrogens is 252 g/mol. The van der Waals surface area contributed by atoms with Crippen LogP contribution in [0.2, 0.25) is 0 Å². The lowest BCUT2D eigenvalue weighted by Crippen LogP contribution is -2.01. The maximum absolute atomic E-state index is 5.78. The minimum Gasteiger partial charge on any atom is -0.367 e. The van der Waals surface area contributed by atoms with Crippen LogP contribution < -0.4 is 5.73 Å². The standard InChI is InChI=1S/C15H14N4O/c16-15-13(9-18-20-15)11-2-1-3-12(8-11)19-14(6-7-17-19)10-4-5-10/h1-3,6-10H,4-5,16H2. The van der Waals surface area contributed by atoms with Gasteiger partial charge in [0.05, 0.1) is 17.4 Å². The molecule has 1 saturated carbocycles. The summed E-state index contributed by atoms with van der Waals surface area (Å²) >= 11 is 0. The monoisotopic (exact) mass is 266 g/mol. The van der Waals surface area contributed by atoms with E-state index in [1.165, 1.54) is 18.5 Å². The molecule has 0 amide bonds. The molecule has 0 radical (unpaired) electrons. The number of nitrogens with zero attached hydrogens (tertiary/aromatic N) is 3. The lowest BCUT2D eigenvalue weighted by Gasteiger charge is -2.08. The summed E-state index contributed by atoms with van der Waals surface area (Å²) < 4.78 is 6.93. The Morgan fingerprint density at radius 1 is 1.25 bits per heavy atom. The molecule has 0 atom stereocenters. The molecule has 5 heteroatoms. The smallest absolute Gasteiger partial charge is 0.229 e. The van der Waals surface area contributed by atoms with Crippen molar-refractivity contribution in [1.29, 1.82) is 0 Å². The van der Waals surface area contributed by atoms with Crippen molar-refractivity contribution in [3.63, 3.8) is 0 Å². The van der Waals surface area contributed by atoms with Crippen molar-refractivity contribution >= 4 is 5.88 Å². The first-order valence-electron chi connectivity index (χ1n) is 6.68. The molecule has 2 heterocycles. The lowest BCUT2D eigenvalue weighted by atomic mass is 10.1. The first kappa shape index (κ1) is 11.3. The van der Waals surface area contributed by atoms with Crippen molar-refractivity contribution in [1.82, 2.24) is 14.9 Å². The molecule has 1 fully saturated rings. The number of benzene rings is 1. The highest BCUT2D eigenvalue weighted by molar-refractivity contribution is 5.73. The van der Waals surface area contributed by atoms with Crippen LogP contribution in [0.5, 0.6) is 0 Å². The highest BCUT2D eigenvalue weighted by Gasteiger charge is 2.27. The van der Waals surface area contributed by atoms with Gasteiger partial charge in [0.15, 0.2) is 0 Å². The molecule has 2 N–H and O–H groups in total. The molecule has 0 spiro atoms. The molecule has 0 saturated heterocycles.